The van der Waals surface area contributed by atoms with E-state index in [1.165, 1.54) is 0 Å². The first kappa shape index (κ1) is 26.0. The minimum atomic E-state index is -0.887. The SMILES string of the molecule is CCCC(=O)NCC(=O)NCC(=O)NC(CC(C)C)C(=O)NCC(=O)NCC=O. The quantitative estimate of drug-likeness (QED) is 0.206. The van der Waals surface area contributed by atoms with Crippen LogP contribution in [-0.4, -0.2) is 68.0 Å². The van der Waals surface area contributed by atoms with Crippen molar-refractivity contribution in [1.82, 2.24) is 26.6 Å². The molecule has 0 rings (SSSR count). The number of hydrogen-bond acceptors (Lipinski definition) is 6. The second-order valence-electron chi connectivity index (χ2n) is 6.74. The Balaban J connectivity index is 4.46. The first-order valence-electron chi connectivity index (χ1n) is 9.50. The van der Waals surface area contributed by atoms with E-state index in [1.807, 2.05) is 20.8 Å². The summed E-state index contributed by atoms with van der Waals surface area (Å²) in [6.07, 6.45) is 1.82. The van der Waals surface area contributed by atoms with Gasteiger partial charge in [-0.3, -0.25) is 24.0 Å². The van der Waals surface area contributed by atoms with Crippen LogP contribution in [0.25, 0.3) is 0 Å². The van der Waals surface area contributed by atoms with E-state index in [4.69, 9.17) is 0 Å². The Morgan fingerprint density at radius 3 is 1.93 bits per heavy atom. The lowest BCUT2D eigenvalue weighted by Crippen LogP contribution is -2.52. The number of carbonyl (C=O) groups is 6. The van der Waals surface area contributed by atoms with E-state index in [0.717, 1.165) is 0 Å². The zero-order valence-electron chi connectivity index (χ0n) is 17.1. The third-order valence-electron chi connectivity index (χ3n) is 3.53. The zero-order chi connectivity index (χ0) is 22.2. The molecule has 0 fully saturated rings. The summed E-state index contributed by atoms with van der Waals surface area (Å²) in [4.78, 5) is 69.0. The minimum absolute atomic E-state index is 0.0818. The molecule has 0 aliphatic carbocycles. The molecule has 0 aliphatic heterocycles. The van der Waals surface area contributed by atoms with Gasteiger partial charge in [0.1, 0.15) is 12.3 Å². The van der Waals surface area contributed by atoms with Gasteiger partial charge in [-0.15, -0.1) is 0 Å². The topological polar surface area (TPSA) is 163 Å². The largest absolute Gasteiger partial charge is 0.348 e. The van der Waals surface area contributed by atoms with Crippen molar-refractivity contribution in [1.29, 1.82) is 0 Å². The van der Waals surface area contributed by atoms with Crippen molar-refractivity contribution in [3.05, 3.63) is 0 Å². The van der Waals surface area contributed by atoms with Crippen LogP contribution in [-0.2, 0) is 28.8 Å². The molecule has 0 bridgehead atoms. The van der Waals surface area contributed by atoms with Crippen molar-refractivity contribution < 1.29 is 28.8 Å². The van der Waals surface area contributed by atoms with Gasteiger partial charge in [-0.2, -0.15) is 0 Å². The van der Waals surface area contributed by atoms with E-state index < -0.39 is 29.7 Å². The third-order valence-corrected chi connectivity index (χ3v) is 3.53. The highest BCUT2D eigenvalue weighted by molar-refractivity contribution is 5.92. The first-order valence-corrected chi connectivity index (χ1v) is 9.50. The fraction of sp³-hybridized carbons (Fsp3) is 0.667. The molecular formula is C18H31N5O6. The van der Waals surface area contributed by atoms with Crippen molar-refractivity contribution in [2.75, 3.05) is 26.2 Å². The van der Waals surface area contributed by atoms with Crippen LogP contribution >= 0.6 is 0 Å². The molecule has 11 nitrogen and oxygen atoms in total. The zero-order valence-corrected chi connectivity index (χ0v) is 17.1. The van der Waals surface area contributed by atoms with Gasteiger partial charge in [0.25, 0.3) is 0 Å². The maximum atomic E-state index is 12.3. The Hall–Kier alpha value is -2.98. The van der Waals surface area contributed by atoms with Crippen molar-refractivity contribution in [2.24, 2.45) is 5.92 Å². The van der Waals surface area contributed by atoms with Crippen LogP contribution in [0.2, 0.25) is 0 Å². The van der Waals surface area contributed by atoms with Gasteiger partial charge in [-0.25, -0.2) is 0 Å². The number of amides is 5. The highest BCUT2D eigenvalue weighted by Crippen LogP contribution is 2.04. The van der Waals surface area contributed by atoms with Gasteiger partial charge in [0, 0.05) is 6.42 Å². The highest BCUT2D eigenvalue weighted by atomic mass is 16.2. The lowest BCUT2D eigenvalue weighted by atomic mass is 10.0. The summed E-state index contributed by atoms with van der Waals surface area (Å²) in [6.45, 7) is 4.49. The summed E-state index contributed by atoms with van der Waals surface area (Å²) in [5.74, 6) is -2.36. The Morgan fingerprint density at radius 1 is 0.793 bits per heavy atom. The van der Waals surface area contributed by atoms with E-state index in [-0.39, 0.29) is 38.0 Å². The van der Waals surface area contributed by atoms with Crippen molar-refractivity contribution >= 4 is 35.8 Å². The highest BCUT2D eigenvalue weighted by Gasteiger charge is 2.22. The van der Waals surface area contributed by atoms with Crippen LogP contribution in [0.15, 0.2) is 0 Å². The van der Waals surface area contributed by atoms with Gasteiger partial charge in [0.2, 0.25) is 29.5 Å². The molecule has 0 saturated carbocycles. The molecule has 5 amide bonds. The standard InChI is InChI=1S/C18H31N5O6/c1-4-5-14(25)20-9-16(27)21-11-17(28)23-13(8-12(2)3)18(29)22-10-15(26)19-6-7-24/h7,12-13H,4-6,8-11H2,1-3H3,(H,19,26)(H,20,25)(H,21,27)(H,22,29)(H,23,28). The Kier molecular flexibility index (Phi) is 13.5. The molecule has 29 heavy (non-hydrogen) atoms. The molecule has 1 unspecified atom stereocenters. The van der Waals surface area contributed by atoms with E-state index >= 15 is 0 Å². The van der Waals surface area contributed by atoms with Crippen LogP contribution in [0.5, 0.6) is 0 Å². The molecule has 0 radical (unpaired) electrons. The lowest BCUT2D eigenvalue weighted by molar-refractivity contribution is -0.131. The molecule has 0 spiro atoms. The smallest absolute Gasteiger partial charge is 0.243 e. The summed E-state index contributed by atoms with van der Waals surface area (Å²) >= 11 is 0. The predicted molar refractivity (Wildman–Crippen MR) is 104 cm³/mol. The van der Waals surface area contributed by atoms with Gasteiger partial charge in [0.15, 0.2) is 0 Å². The molecule has 0 aliphatic rings. The summed E-state index contributed by atoms with van der Waals surface area (Å²) in [7, 11) is 0. The number of rotatable bonds is 14. The van der Waals surface area contributed by atoms with Crippen LogP contribution in [0, 0.1) is 5.92 Å². The maximum absolute atomic E-state index is 12.3. The fourth-order valence-corrected chi connectivity index (χ4v) is 2.19. The second-order valence-corrected chi connectivity index (χ2v) is 6.74. The molecule has 11 heteroatoms. The maximum Gasteiger partial charge on any atom is 0.243 e. The third kappa shape index (κ3) is 13.8. The number of carbonyl (C=O) groups excluding carboxylic acids is 6. The monoisotopic (exact) mass is 413 g/mol. The van der Waals surface area contributed by atoms with Crippen LogP contribution in [0.3, 0.4) is 0 Å². The van der Waals surface area contributed by atoms with E-state index in [0.29, 0.717) is 25.5 Å². The van der Waals surface area contributed by atoms with Crippen molar-refractivity contribution in [3.8, 4) is 0 Å². The van der Waals surface area contributed by atoms with Crippen LogP contribution < -0.4 is 26.6 Å². The summed E-state index contributed by atoms with van der Waals surface area (Å²) in [6, 6.07) is -0.887. The van der Waals surface area contributed by atoms with Crippen molar-refractivity contribution in [3.63, 3.8) is 0 Å². The van der Waals surface area contributed by atoms with Gasteiger partial charge >= 0.3 is 0 Å². The fourth-order valence-electron chi connectivity index (χ4n) is 2.19. The van der Waals surface area contributed by atoms with E-state index in [1.54, 1.807) is 0 Å². The average molecular weight is 413 g/mol. The van der Waals surface area contributed by atoms with Crippen LogP contribution in [0.4, 0.5) is 0 Å². The molecule has 0 heterocycles. The van der Waals surface area contributed by atoms with Crippen LogP contribution in [0.1, 0.15) is 40.0 Å². The number of nitrogens with one attached hydrogen (secondary N) is 5. The predicted octanol–water partition coefficient (Wildman–Crippen LogP) is -2.02. The van der Waals surface area contributed by atoms with E-state index in [2.05, 4.69) is 26.6 Å². The molecule has 5 N–H and O–H groups in total. The van der Waals surface area contributed by atoms with Gasteiger partial charge in [-0.05, 0) is 18.8 Å². The average Bonchev–Trinajstić information content (AvgIpc) is 2.66. The minimum Gasteiger partial charge on any atom is -0.348 e. The van der Waals surface area contributed by atoms with Gasteiger partial charge in [-0.1, -0.05) is 20.8 Å². The molecular weight excluding hydrogens is 382 g/mol. The second kappa shape index (κ2) is 15.0. The Morgan fingerprint density at radius 2 is 1.34 bits per heavy atom. The summed E-state index contributed by atoms with van der Waals surface area (Å²) in [5.41, 5.74) is 0. The lowest BCUT2D eigenvalue weighted by Gasteiger charge is -2.20. The molecule has 0 aromatic heterocycles. The number of hydrogen-bond donors (Lipinski definition) is 5. The summed E-state index contributed by atoms with van der Waals surface area (Å²) < 4.78 is 0. The Labute approximate surface area is 170 Å². The molecule has 1 atom stereocenters. The van der Waals surface area contributed by atoms with Crippen molar-refractivity contribution in [2.45, 2.75) is 46.1 Å². The molecule has 0 aromatic rings. The normalized spacial score (nSPS) is 11.2. The number of aldehydes is 1. The first-order chi connectivity index (χ1) is 13.7. The van der Waals surface area contributed by atoms with E-state index in [9.17, 15) is 28.8 Å². The van der Waals surface area contributed by atoms with Gasteiger partial charge < -0.3 is 31.4 Å². The van der Waals surface area contributed by atoms with Gasteiger partial charge in [0.05, 0.1) is 26.2 Å². The summed E-state index contributed by atoms with van der Waals surface area (Å²) in [5, 5.41) is 12.0. The molecule has 0 saturated heterocycles. The Bertz CT molecular complexity index is 593. The molecule has 164 valence electrons. The molecule has 0 aromatic carbocycles.